The summed E-state index contributed by atoms with van der Waals surface area (Å²) in [5, 5.41) is 9.76. The van der Waals surface area contributed by atoms with Gasteiger partial charge in [-0.25, -0.2) is 9.59 Å². The number of aliphatic hydroxyl groups excluding tert-OH is 1. The highest BCUT2D eigenvalue weighted by molar-refractivity contribution is 6.74. The number of aromatic nitrogens is 4. The van der Waals surface area contributed by atoms with Crippen molar-refractivity contribution in [2.45, 2.75) is 140 Å². The fourth-order valence-electron chi connectivity index (χ4n) is 5.42. The number of nitrogens with one attached hydrogen (secondary N) is 2. The predicted molar refractivity (Wildman–Crippen MR) is 194 cm³/mol. The molecule has 284 valence electrons. The number of H-pyrrole nitrogens is 2. The van der Waals surface area contributed by atoms with Crippen molar-refractivity contribution in [2.24, 2.45) is 0 Å². The molecule has 2 unspecified atom stereocenters. The highest BCUT2D eigenvalue weighted by Crippen LogP contribution is 2.43. The number of hydrogen-bond acceptors (Lipinski definition) is 11. The average Bonchev–Trinajstić information content (AvgIpc) is 3.52. The zero-order valence-corrected chi connectivity index (χ0v) is 33.8. The van der Waals surface area contributed by atoms with Crippen molar-refractivity contribution in [2.75, 3.05) is 20.8 Å². The molecule has 2 saturated heterocycles. The molecule has 50 heavy (non-hydrogen) atoms. The van der Waals surface area contributed by atoms with Crippen LogP contribution in [0.3, 0.4) is 0 Å². The summed E-state index contributed by atoms with van der Waals surface area (Å²) >= 11 is 0. The van der Waals surface area contributed by atoms with E-state index in [2.05, 4.69) is 77.7 Å². The predicted octanol–water partition coefficient (Wildman–Crippen LogP) is 3.08. The quantitative estimate of drug-likeness (QED) is 0.304. The number of aliphatic hydroxyl groups is 1. The van der Waals surface area contributed by atoms with Gasteiger partial charge in [0.15, 0.2) is 29.1 Å². The van der Waals surface area contributed by atoms with E-state index in [0.29, 0.717) is 0 Å². The Kier molecular flexibility index (Phi) is 13.4. The maximum atomic E-state index is 12.2. The lowest BCUT2D eigenvalue weighted by atomic mass is 10.1. The fraction of sp³-hybridized carbons (Fsp3) is 0.758. The smallest absolute Gasteiger partial charge is 0.330 e. The van der Waals surface area contributed by atoms with Gasteiger partial charge < -0.3 is 32.9 Å². The third-order valence-corrected chi connectivity index (χ3v) is 19.4. The van der Waals surface area contributed by atoms with Crippen LogP contribution in [0.15, 0.2) is 43.7 Å². The average molecular weight is 743 g/mol. The van der Waals surface area contributed by atoms with E-state index < -0.39 is 76.0 Å². The molecule has 2 aromatic rings. The summed E-state index contributed by atoms with van der Waals surface area (Å²) in [5.41, 5.74) is -2.03. The van der Waals surface area contributed by atoms with Gasteiger partial charge in [0, 0.05) is 38.7 Å². The van der Waals surface area contributed by atoms with E-state index in [9.17, 15) is 24.3 Å². The Morgan fingerprint density at radius 3 is 1.36 bits per heavy atom. The normalized spacial score (nSPS) is 27.6. The first kappa shape index (κ1) is 41.9. The van der Waals surface area contributed by atoms with Crippen LogP contribution in [0.1, 0.15) is 67.3 Å². The highest BCUT2D eigenvalue weighted by Gasteiger charge is 2.52. The maximum Gasteiger partial charge on any atom is 0.330 e. The minimum atomic E-state index is -2.16. The zero-order chi connectivity index (χ0) is 38.0. The molecule has 4 heterocycles. The molecule has 0 radical (unpaired) electrons. The number of rotatable bonds is 10. The topological polar surface area (TPSA) is 185 Å². The fourth-order valence-corrected chi connectivity index (χ4v) is 8.05. The number of methoxy groups -OCH3 is 2. The molecule has 2 fully saturated rings. The second-order valence-electron chi connectivity index (χ2n) is 15.8. The molecule has 3 N–H and O–H groups in total. The molecule has 0 spiro atoms. The maximum absolute atomic E-state index is 12.2. The Labute approximate surface area is 295 Å². The molecule has 2 aromatic heterocycles. The monoisotopic (exact) mass is 742 g/mol. The standard InChI is InChI=1S/C17H30N2O5Si.C16H28N2O6Si/c1-8-11-13(24-25(6,7)17(2,3)4)14(22-5)15(23-11)19-10-9-12(20)18-16(19)21;1-16(2,3)25(5,6)24-12-10(9-19)23-14(13(12)22-4)18-8-7-11(20)17-15(18)21/h9-11,13-15H,8H2,1-7H3,(H,18,20,21);7-8,10,12-14,19H,9H2,1-6H3,(H,17,20,21)/t11-,13?,14+,15-;10-,12?,13+,14-/m11/s1. The molecule has 0 aromatic carbocycles. The van der Waals surface area contributed by atoms with Gasteiger partial charge in [-0.1, -0.05) is 48.5 Å². The Bertz CT molecular complexity index is 1540. The molecule has 0 saturated carbocycles. The van der Waals surface area contributed by atoms with Crippen LogP contribution >= 0.6 is 0 Å². The van der Waals surface area contributed by atoms with Crippen LogP contribution < -0.4 is 22.5 Å². The Hall–Kier alpha value is -2.49. The van der Waals surface area contributed by atoms with E-state index in [1.165, 1.54) is 40.8 Å². The van der Waals surface area contributed by atoms with Gasteiger partial charge in [-0.05, 0) is 42.7 Å². The first-order chi connectivity index (χ1) is 23.0. The number of aromatic amines is 2. The third kappa shape index (κ3) is 9.11. The third-order valence-electron chi connectivity index (χ3n) is 10.4. The van der Waals surface area contributed by atoms with Gasteiger partial charge >= 0.3 is 11.4 Å². The van der Waals surface area contributed by atoms with Crippen molar-refractivity contribution >= 4 is 16.6 Å². The van der Waals surface area contributed by atoms with Crippen LogP contribution in [0.4, 0.5) is 0 Å². The molecule has 15 nitrogen and oxygen atoms in total. The first-order valence-electron chi connectivity index (χ1n) is 17.0. The van der Waals surface area contributed by atoms with E-state index in [1.807, 2.05) is 6.92 Å². The van der Waals surface area contributed by atoms with Gasteiger partial charge in [-0.15, -0.1) is 0 Å². The van der Waals surface area contributed by atoms with Crippen molar-refractivity contribution in [1.82, 2.24) is 19.1 Å². The van der Waals surface area contributed by atoms with Gasteiger partial charge in [0.25, 0.3) is 11.1 Å². The molecule has 4 rings (SSSR count). The largest absolute Gasteiger partial charge is 0.408 e. The van der Waals surface area contributed by atoms with Crippen molar-refractivity contribution in [3.8, 4) is 0 Å². The van der Waals surface area contributed by atoms with Crippen molar-refractivity contribution in [3.05, 3.63) is 66.2 Å². The van der Waals surface area contributed by atoms with Crippen molar-refractivity contribution in [3.63, 3.8) is 0 Å². The number of hydrogen-bond donors (Lipinski definition) is 3. The van der Waals surface area contributed by atoms with E-state index >= 15 is 0 Å². The second kappa shape index (κ2) is 16.0. The lowest BCUT2D eigenvalue weighted by molar-refractivity contribution is -0.0625. The van der Waals surface area contributed by atoms with Crippen LogP contribution in [-0.4, -0.2) is 98.3 Å². The van der Waals surface area contributed by atoms with Gasteiger partial charge in [-0.3, -0.25) is 28.7 Å². The first-order valence-corrected chi connectivity index (χ1v) is 22.8. The number of ether oxygens (including phenoxy) is 4. The van der Waals surface area contributed by atoms with Crippen LogP contribution in [0, 0.1) is 0 Å². The van der Waals surface area contributed by atoms with Gasteiger partial charge in [0.2, 0.25) is 0 Å². The summed E-state index contributed by atoms with van der Waals surface area (Å²) in [4.78, 5) is 51.4. The lowest BCUT2D eigenvalue weighted by Gasteiger charge is -2.40. The van der Waals surface area contributed by atoms with E-state index in [0.717, 1.165) is 6.42 Å². The van der Waals surface area contributed by atoms with Crippen LogP contribution in [0.25, 0.3) is 0 Å². The summed E-state index contributed by atoms with van der Waals surface area (Å²) < 4.78 is 38.9. The molecule has 0 bridgehead atoms. The van der Waals surface area contributed by atoms with Gasteiger partial charge in [0.1, 0.15) is 30.5 Å². The molecule has 17 heteroatoms. The van der Waals surface area contributed by atoms with Gasteiger partial charge in [0.05, 0.1) is 12.7 Å². The van der Waals surface area contributed by atoms with Crippen molar-refractivity contribution < 1.29 is 32.9 Å². The Morgan fingerprint density at radius 1 is 0.700 bits per heavy atom. The summed E-state index contributed by atoms with van der Waals surface area (Å²) in [6.45, 7) is 23.3. The summed E-state index contributed by atoms with van der Waals surface area (Å²) in [5.74, 6) is 0. The molecule has 2 aliphatic rings. The second-order valence-corrected chi connectivity index (χ2v) is 25.4. The molecule has 2 aliphatic heterocycles. The number of nitrogens with zero attached hydrogens (tertiary/aromatic N) is 2. The molecule has 0 amide bonds. The van der Waals surface area contributed by atoms with Crippen LogP contribution in [0.2, 0.25) is 36.3 Å². The molecule has 0 aliphatic carbocycles. The van der Waals surface area contributed by atoms with Crippen LogP contribution in [-0.2, 0) is 27.8 Å². The van der Waals surface area contributed by atoms with Gasteiger partial charge in [-0.2, -0.15) is 0 Å². The Balaban J connectivity index is 0.000000270. The zero-order valence-electron chi connectivity index (χ0n) is 31.8. The molecule has 8 atom stereocenters. The minimum absolute atomic E-state index is 0.0296. The Morgan fingerprint density at radius 2 is 1.06 bits per heavy atom. The van der Waals surface area contributed by atoms with Crippen molar-refractivity contribution in [1.29, 1.82) is 0 Å². The summed E-state index contributed by atoms with van der Waals surface area (Å²) in [6.07, 6.45) is -0.466. The summed E-state index contributed by atoms with van der Waals surface area (Å²) in [6, 6.07) is 2.55. The SMILES string of the molecule is CC[C@H]1O[C@@H](n2ccc(=O)[nH]c2=O)[C@@H](OC)C1O[Si](C)(C)C(C)(C)C.CO[C@H]1C(O[Si](C)(C)C(C)(C)C)[C@@H](CO)O[C@H]1n1ccc(=O)[nH]c1=O. The molecular weight excluding hydrogens is 685 g/mol. The molecular formula is C33H58N4O11Si2. The van der Waals surface area contributed by atoms with Crippen LogP contribution in [0.5, 0.6) is 0 Å². The van der Waals surface area contributed by atoms with E-state index in [-0.39, 0.29) is 28.9 Å². The lowest BCUT2D eigenvalue weighted by Crippen LogP contribution is -2.50. The summed E-state index contributed by atoms with van der Waals surface area (Å²) in [7, 11) is -1.09. The van der Waals surface area contributed by atoms with E-state index in [4.69, 9.17) is 27.8 Å². The minimum Gasteiger partial charge on any atom is -0.408 e. The van der Waals surface area contributed by atoms with E-state index in [1.54, 1.807) is 7.11 Å². The highest BCUT2D eigenvalue weighted by atomic mass is 28.4.